The van der Waals surface area contributed by atoms with Crippen LogP contribution in [0.25, 0.3) is 0 Å². The molecule has 1 aliphatic heterocycles. The van der Waals surface area contributed by atoms with E-state index in [-0.39, 0.29) is 16.7 Å². The third-order valence-corrected chi connectivity index (χ3v) is 6.39. The summed E-state index contributed by atoms with van der Waals surface area (Å²) in [5.41, 5.74) is 4.48. The largest absolute Gasteiger partial charge is 0.338 e. The molecule has 3 rings (SSSR count). The van der Waals surface area contributed by atoms with Gasteiger partial charge in [0.2, 0.25) is 11.8 Å². The maximum absolute atomic E-state index is 12.9. The van der Waals surface area contributed by atoms with Gasteiger partial charge in [-0.3, -0.25) is 14.3 Å². The van der Waals surface area contributed by atoms with E-state index in [1.807, 2.05) is 6.07 Å². The molecule has 1 heterocycles. The molecular weight excluding hydrogens is 390 g/mol. The lowest BCUT2D eigenvalue weighted by molar-refractivity contribution is -0.129. The molecule has 0 aliphatic carbocycles. The zero-order chi connectivity index (χ0) is 21.3. The van der Waals surface area contributed by atoms with Crippen LogP contribution in [-0.4, -0.2) is 31.7 Å². The predicted octanol–water partition coefficient (Wildman–Crippen LogP) is 2.97. The SMILES string of the molecule is CC(=O)Nc1c(C)cc(S(=O)(=O)Nc2ccc3c(c2)CN(C(C)=O)CC3)cc1C. The van der Waals surface area contributed by atoms with Crippen LogP contribution in [0.1, 0.15) is 36.1 Å². The van der Waals surface area contributed by atoms with Crippen LogP contribution in [-0.2, 0) is 32.6 Å². The maximum atomic E-state index is 12.9. The summed E-state index contributed by atoms with van der Waals surface area (Å²) >= 11 is 0. The summed E-state index contributed by atoms with van der Waals surface area (Å²) in [6.45, 7) is 7.61. The van der Waals surface area contributed by atoms with Crippen molar-refractivity contribution in [1.29, 1.82) is 0 Å². The lowest BCUT2D eigenvalue weighted by Gasteiger charge is -2.28. The molecule has 2 aromatic carbocycles. The summed E-state index contributed by atoms with van der Waals surface area (Å²) in [7, 11) is -3.80. The smallest absolute Gasteiger partial charge is 0.261 e. The van der Waals surface area contributed by atoms with Crippen molar-refractivity contribution in [3.8, 4) is 0 Å². The summed E-state index contributed by atoms with van der Waals surface area (Å²) in [6, 6.07) is 8.51. The molecule has 0 bridgehead atoms. The molecular formula is C21H25N3O4S. The minimum Gasteiger partial charge on any atom is -0.338 e. The fraction of sp³-hybridized carbons (Fsp3) is 0.333. The molecule has 1 aliphatic rings. The molecule has 8 heteroatoms. The van der Waals surface area contributed by atoms with Crippen LogP contribution < -0.4 is 10.0 Å². The number of anilines is 2. The van der Waals surface area contributed by atoms with E-state index in [0.717, 1.165) is 17.5 Å². The second-order valence-electron chi connectivity index (χ2n) is 7.39. The van der Waals surface area contributed by atoms with Gasteiger partial charge in [-0.05, 0) is 66.8 Å². The highest BCUT2D eigenvalue weighted by Gasteiger charge is 2.21. The van der Waals surface area contributed by atoms with E-state index in [4.69, 9.17) is 0 Å². The Labute approximate surface area is 171 Å². The minimum absolute atomic E-state index is 0.00634. The van der Waals surface area contributed by atoms with Crippen molar-refractivity contribution in [2.45, 2.75) is 45.6 Å². The lowest BCUT2D eigenvalue weighted by atomic mass is 9.99. The first-order valence-corrected chi connectivity index (χ1v) is 10.8. The number of hydrogen-bond donors (Lipinski definition) is 2. The number of sulfonamides is 1. The van der Waals surface area contributed by atoms with Gasteiger partial charge in [0, 0.05) is 38.3 Å². The summed E-state index contributed by atoms with van der Waals surface area (Å²) in [6.07, 6.45) is 0.755. The topological polar surface area (TPSA) is 95.6 Å². The number of rotatable bonds is 4. The number of hydrogen-bond acceptors (Lipinski definition) is 4. The van der Waals surface area contributed by atoms with Gasteiger partial charge < -0.3 is 10.2 Å². The van der Waals surface area contributed by atoms with E-state index < -0.39 is 10.0 Å². The molecule has 0 fully saturated rings. The number of amides is 2. The lowest BCUT2D eigenvalue weighted by Crippen LogP contribution is -2.34. The Hall–Kier alpha value is -2.87. The van der Waals surface area contributed by atoms with E-state index in [9.17, 15) is 18.0 Å². The van der Waals surface area contributed by atoms with E-state index in [1.54, 1.807) is 30.9 Å². The van der Waals surface area contributed by atoms with Gasteiger partial charge in [0.05, 0.1) is 4.90 Å². The van der Waals surface area contributed by atoms with E-state index >= 15 is 0 Å². The summed E-state index contributed by atoms with van der Waals surface area (Å²) < 4.78 is 28.5. The van der Waals surface area contributed by atoms with E-state index in [2.05, 4.69) is 10.0 Å². The predicted molar refractivity (Wildman–Crippen MR) is 112 cm³/mol. The van der Waals surface area contributed by atoms with Gasteiger partial charge in [-0.2, -0.15) is 0 Å². The monoisotopic (exact) mass is 415 g/mol. The van der Waals surface area contributed by atoms with Crippen molar-refractivity contribution in [1.82, 2.24) is 4.90 Å². The Morgan fingerprint density at radius 3 is 2.24 bits per heavy atom. The molecule has 2 amide bonds. The Morgan fingerprint density at radius 2 is 1.66 bits per heavy atom. The summed E-state index contributed by atoms with van der Waals surface area (Å²) in [5, 5.41) is 2.73. The highest BCUT2D eigenvalue weighted by atomic mass is 32.2. The van der Waals surface area contributed by atoms with Crippen LogP contribution in [0, 0.1) is 13.8 Å². The molecule has 0 unspecified atom stereocenters. The van der Waals surface area contributed by atoms with Gasteiger partial charge in [0.15, 0.2) is 0 Å². The number of fused-ring (bicyclic) bond motifs is 1. The zero-order valence-electron chi connectivity index (χ0n) is 17.0. The highest BCUT2D eigenvalue weighted by Crippen LogP contribution is 2.28. The van der Waals surface area contributed by atoms with Gasteiger partial charge in [0.25, 0.3) is 10.0 Å². The third-order valence-electron chi connectivity index (χ3n) is 5.03. The molecule has 0 saturated heterocycles. The Morgan fingerprint density at radius 1 is 1.00 bits per heavy atom. The average Bonchev–Trinajstić information content (AvgIpc) is 2.63. The van der Waals surface area contributed by atoms with Crippen LogP contribution in [0.15, 0.2) is 35.2 Å². The van der Waals surface area contributed by atoms with Crippen molar-refractivity contribution in [2.75, 3.05) is 16.6 Å². The average molecular weight is 416 g/mol. The van der Waals surface area contributed by atoms with Crippen molar-refractivity contribution >= 4 is 33.2 Å². The second kappa shape index (κ2) is 7.87. The van der Waals surface area contributed by atoms with Crippen LogP contribution in [0.3, 0.4) is 0 Å². The molecule has 0 radical (unpaired) electrons. The molecule has 0 aromatic heterocycles. The van der Waals surface area contributed by atoms with E-state index in [0.29, 0.717) is 35.6 Å². The molecule has 2 N–H and O–H groups in total. The number of nitrogens with zero attached hydrogens (tertiary/aromatic N) is 1. The number of carbonyl (C=O) groups is 2. The maximum Gasteiger partial charge on any atom is 0.261 e. The van der Waals surface area contributed by atoms with Crippen molar-refractivity contribution < 1.29 is 18.0 Å². The van der Waals surface area contributed by atoms with Crippen LogP contribution >= 0.6 is 0 Å². The number of benzene rings is 2. The van der Waals surface area contributed by atoms with Gasteiger partial charge in [-0.25, -0.2) is 8.42 Å². The molecule has 154 valence electrons. The standard InChI is InChI=1S/C21H25N3O4S/c1-13-9-20(10-14(2)21(13)22-15(3)25)29(27,28)23-19-6-5-17-7-8-24(16(4)26)12-18(17)11-19/h5-6,9-11,23H,7-8,12H2,1-4H3,(H,22,25). The minimum atomic E-state index is -3.80. The second-order valence-corrected chi connectivity index (χ2v) is 9.08. The molecule has 0 atom stereocenters. The number of nitrogens with one attached hydrogen (secondary N) is 2. The summed E-state index contributed by atoms with van der Waals surface area (Å²) in [5.74, 6) is -0.203. The van der Waals surface area contributed by atoms with Gasteiger partial charge in [0.1, 0.15) is 0 Å². The third kappa shape index (κ3) is 4.59. The van der Waals surface area contributed by atoms with Gasteiger partial charge in [-0.15, -0.1) is 0 Å². The van der Waals surface area contributed by atoms with Crippen LogP contribution in [0.4, 0.5) is 11.4 Å². The molecule has 7 nitrogen and oxygen atoms in total. The van der Waals surface area contributed by atoms with Crippen LogP contribution in [0.5, 0.6) is 0 Å². The molecule has 0 spiro atoms. The first-order valence-electron chi connectivity index (χ1n) is 9.36. The first kappa shape index (κ1) is 20.9. The first-order chi connectivity index (χ1) is 13.6. The fourth-order valence-corrected chi connectivity index (χ4v) is 4.77. The van der Waals surface area contributed by atoms with Crippen molar-refractivity contribution in [3.05, 3.63) is 52.6 Å². The van der Waals surface area contributed by atoms with Crippen LogP contribution in [0.2, 0.25) is 0 Å². The number of carbonyl (C=O) groups excluding carboxylic acids is 2. The van der Waals surface area contributed by atoms with Gasteiger partial charge in [-0.1, -0.05) is 6.07 Å². The Balaban J connectivity index is 1.88. The summed E-state index contributed by atoms with van der Waals surface area (Å²) in [4.78, 5) is 24.9. The van der Waals surface area contributed by atoms with Crippen molar-refractivity contribution in [3.63, 3.8) is 0 Å². The molecule has 29 heavy (non-hydrogen) atoms. The van der Waals surface area contributed by atoms with Gasteiger partial charge >= 0.3 is 0 Å². The van der Waals surface area contributed by atoms with Crippen molar-refractivity contribution in [2.24, 2.45) is 0 Å². The molecule has 0 saturated carbocycles. The zero-order valence-corrected chi connectivity index (χ0v) is 17.8. The number of aryl methyl sites for hydroxylation is 2. The van der Waals surface area contributed by atoms with E-state index in [1.165, 1.54) is 26.0 Å². The molecule has 2 aromatic rings. The normalized spacial score (nSPS) is 13.6. The Bertz CT molecular complexity index is 1070. The fourth-order valence-electron chi connectivity index (χ4n) is 3.56. The Kier molecular flexibility index (Phi) is 5.66. The quantitative estimate of drug-likeness (QED) is 0.802. The highest BCUT2D eigenvalue weighted by molar-refractivity contribution is 7.92.